The lowest BCUT2D eigenvalue weighted by Crippen LogP contribution is -2.33. The van der Waals surface area contributed by atoms with Crippen molar-refractivity contribution in [3.05, 3.63) is 23.5 Å². The second-order valence-corrected chi connectivity index (χ2v) is 4.88. The molecule has 6 nitrogen and oxygen atoms in total. The van der Waals surface area contributed by atoms with Crippen LogP contribution in [-0.2, 0) is 11.2 Å². The Morgan fingerprint density at radius 2 is 2.06 bits per heavy atom. The number of H-pyrrole nitrogens is 1. The molecule has 0 atom stereocenters. The normalized spacial score (nSPS) is 11.1. The second-order valence-electron chi connectivity index (χ2n) is 4.88. The fourth-order valence-electron chi connectivity index (χ4n) is 1.32. The number of carbonyl (C=O) groups is 2. The molecule has 0 aliphatic carbocycles. The number of hydrogen-bond donors (Lipinski definition) is 3. The zero-order valence-corrected chi connectivity index (χ0v) is 10.7. The van der Waals surface area contributed by atoms with Crippen LogP contribution in [0.4, 0.5) is 4.79 Å². The maximum absolute atomic E-state index is 11.3. The van der Waals surface area contributed by atoms with Gasteiger partial charge >= 0.3 is 12.1 Å². The van der Waals surface area contributed by atoms with Gasteiger partial charge < -0.3 is 20.1 Å². The molecule has 0 spiro atoms. The highest BCUT2D eigenvalue weighted by molar-refractivity contribution is 5.85. The maximum atomic E-state index is 11.3. The average molecular weight is 254 g/mol. The van der Waals surface area contributed by atoms with Crippen molar-refractivity contribution in [1.29, 1.82) is 0 Å². The Labute approximate surface area is 105 Å². The number of nitrogens with one attached hydrogen (secondary N) is 2. The number of amides is 1. The van der Waals surface area contributed by atoms with Crippen LogP contribution in [0.25, 0.3) is 0 Å². The Morgan fingerprint density at radius 1 is 1.39 bits per heavy atom. The van der Waals surface area contributed by atoms with Gasteiger partial charge in [0.2, 0.25) is 0 Å². The minimum atomic E-state index is -0.999. The largest absolute Gasteiger partial charge is 0.477 e. The average Bonchev–Trinajstić information content (AvgIpc) is 2.63. The number of ether oxygens (including phenoxy) is 1. The Morgan fingerprint density at radius 3 is 2.56 bits per heavy atom. The van der Waals surface area contributed by atoms with Gasteiger partial charge in [0.15, 0.2) is 0 Å². The van der Waals surface area contributed by atoms with Gasteiger partial charge in [-0.3, -0.25) is 0 Å². The monoisotopic (exact) mass is 254 g/mol. The van der Waals surface area contributed by atoms with Crippen LogP contribution in [0.1, 0.15) is 37.0 Å². The number of aromatic amines is 1. The Balaban J connectivity index is 2.33. The minimum Gasteiger partial charge on any atom is -0.477 e. The molecular weight excluding hydrogens is 236 g/mol. The Hall–Kier alpha value is -1.98. The molecular formula is C12H18N2O4. The number of aromatic nitrogens is 1. The summed E-state index contributed by atoms with van der Waals surface area (Å²) in [5, 5.41) is 11.3. The molecule has 0 unspecified atom stereocenters. The molecule has 1 heterocycles. The van der Waals surface area contributed by atoms with Crippen LogP contribution in [0.5, 0.6) is 0 Å². The summed E-state index contributed by atoms with van der Waals surface area (Å²) in [5.41, 5.74) is 0.373. The SMILES string of the molecule is CC(C)(C)OC(=O)NCCc1ccc(C(=O)O)[nH]1. The van der Waals surface area contributed by atoms with Crippen molar-refractivity contribution in [3.8, 4) is 0 Å². The molecule has 1 aromatic rings. The van der Waals surface area contributed by atoms with Crippen LogP contribution in [0.15, 0.2) is 12.1 Å². The number of alkyl carbamates (subject to hydrolysis) is 1. The highest BCUT2D eigenvalue weighted by atomic mass is 16.6. The third-order valence-electron chi connectivity index (χ3n) is 2.04. The first-order valence-corrected chi connectivity index (χ1v) is 5.66. The van der Waals surface area contributed by atoms with Crippen molar-refractivity contribution >= 4 is 12.1 Å². The lowest BCUT2D eigenvalue weighted by atomic mass is 10.2. The predicted octanol–water partition coefficient (Wildman–Crippen LogP) is 1.78. The molecule has 0 fully saturated rings. The summed E-state index contributed by atoms with van der Waals surface area (Å²) in [6.07, 6.45) is 0.0412. The van der Waals surface area contributed by atoms with E-state index in [1.54, 1.807) is 26.8 Å². The summed E-state index contributed by atoms with van der Waals surface area (Å²) in [6, 6.07) is 3.17. The number of carbonyl (C=O) groups excluding carboxylic acids is 1. The summed E-state index contributed by atoms with van der Waals surface area (Å²) in [6.45, 7) is 5.75. The third kappa shape index (κ3) is 4.90. The van der Waals surface area contributed by atoms with Gasteiger partial charge in [0.1, 0.15) is 11.3 Å². The Kier molecular flexibility index (Phi) is 4.36. The first-order chi connectivity index (χ1) is 8.28. The molecule has 6 heteroatoms. The molecule has 0 bridgehead atoms. The summed E-state index contributed by atoms with van der Waals surface area (Å²) in [7, 11) is 0. The van der Waals surface area contributed by atoms with Crippen LogP contribution in [-0.4, -0.2) is 34.3 Å². The molecule has 1 amide bonds. The van der Waals surface area contributed by atoms with E-state index in [4.69, 9.17) is 9.84 Å². The van der Waals surface area contributed by atoms with Gasteiger partial charge in [0, 0.05) is 18.7 Å². The predicted molar refractivity (Wildman–Crippen MR) is 65.7 cm³/mol. The van der Waals surface area contributed by atoms with Gasteiger partial charge in [-0.2, -0.15) is 0 Å². The van der Waals surface area contributed by atoms with Crippen LogP contribution in [0.2, 0.25) is 0 Å². The fraction of sp³-hybridized carbons (Fsp3) is 0.500. The van der Waals surface area contributed by atoms with Crippen LogP contribution in [0.3, 0.4) is 0 Å². The van der Waals surface area contributed by atoms with Crippen LogP contribution >= 0.6 is 0 Å². The number of carboxylic acids is 1. The molecule has 0 aliphatic heterocycles. The minimum absolute atomic E-state index is 0.141. The standard InChI is InChI=1S/C12H18N2O4/c1-12(2,3)18-11(17)13-7-6-8-4-5-9(14-8)10(15)16/h4-5,14H,6-7H2,1-3H3,(H,13,17)(H,15,16). The second kappa shape index (κ2) is 5.57. The molecule has 100 valence electrons. The van der Waals surface area contributed by atoms with Crippen molar-refractivity contribution < 1.29 is 19.4 Å². The van der Waals surface area contributed by atoms with Gasteiger partial charge in [-0.15, -0.1) is 0 Å². The van der Waals surface area contributed by atoms with Gasteiger partial charge in [0.25, 0.3) is 0 Å². The van der Waals surface area contributed by atoms with E-state index < -0.39 is 17.7 Å². The number of aromatic carboxylic acids is 1. The molecule has 3 N–H and O–H groups in total. The van der Waals surface area contributed by atoms with Crippen LogP contribution < -0.4 is 5.32 Å². The fourth-order valence-corrected chi connectivity index (χ4v) is 1.32. The highest BCUT2D eigenvalue weighted by Gasteiger charge is 2.15. The van der Waals surface area contributed by atoms with E-state index in [2.05, 4.69) is 10.3 Å². The van der Waals surface area contributed by atoms with Crippen LogP contribution in [0, 0.1) is 0 Å². The molecule has 0 saturated carbocycles. The zero-order valence-electron chi connectivity index (χ0n) is 10.7. The van der Waals surface area contributed by atoms with Crippen molar-refractivity contribution in [1.82, 2.24) is 10.3 Å². The van der Waals surface area contributed by atoms with Gasteiger partial charge in [0.05, 0.1) is 0 Å². The summed E-state index contributed by atoms with van der Waals surface area (Å²) < 4.78 is 5.06. The highest BCUT2D eigenvalue weighted by Crippen LogP contribution is 2.06. The first kappa shape index (κ1) is 14.1. The van der Waals surface area contributed by atoms with Gasteiger partial charge in [-0.05, 0) is 32.9 Å². The lowest BCUT2D eigenvalue weighted by molar-refractivity contribution is 0.0527. The zero-order chi connectivity index (χ0) is 13.8. The quantitative estimate of drug-likeness (QED) is 0.763. The number of hydrogen-bond acceptors (Lipinski definition) is 3. The molecule has 18 heavy (non-hydrogen) atoms. The first-order valence-electron chi connectivity index (χ1n) is 5.66. The van der Waals surface area contributed by atoms with E-state index in [1.807, 2.05) is 0 Å². The van der Waals surface area contributed by atoms with Crippen molar-refractivity contribution in [2.45, 2.75) is 32.8 Å². The van der Waals surface area contributed by atoms with E-state index >= 15 is 0 Å². The van der Waals surface area contributed by atoms with Crippen molar-refractivity contribution in [2.75, 3.05) is 6.54 Å². The van der Waals surface area contributed by atoms with Gasteiger partial charge in [-0.1, -0.05) is 0 Å². The van der Waals surface area contributed by atoms with Crippen molar-refractivity contribution in [2.24, 2.45) is 0 Å². The topological polar surface area (TPSA) is 91.4 Å². The van der Waals surface area contributed by atoms with Gasteiger partial charge in [-0.25, -0.2) is 9.59 Å². The number of carboxylic acid groups (broad SMARTS) is 1. The summed E-state index contributed by atoms with van der Waals surface area (Å²) in [4.78, 5) is 24.7. The molecule has 0 aliphatic rings. The van der Waals surface area contributed by atoms with E-state index in [0.717, 1.165) is 5.69 Å². The third-order valence-corrected chi connectivity index (χ3v) is 2.04. The smallest absolute Gasteiger partial charge is 0.407 e. The molecule has 0 aromatic carbocycles. The molecule has 0 radical (unpaired) electrons. The molecule has 0 saturated heterocycles. The molecule has 1 aromatic heterocycles. The van der Waals surface area contributed by atoms with E-state index in [9.17, 15) is 9.59 Å². The van der Waals surface area contributed by atoms with E-state index in [0.29, 0.717) is 13.0 Å². The lowest BCUT2D eigenvalue weighted by Gasteiger charge is -2.19. The maximum Gasteiger partial charge on any atom is 0.407 e. The molecule has 1 rings (SSSR count). The van der Waals surface area contributed by atoms with E-state index in [1.165, 1.54) is 6.07 Å². The van der Waals surface area contributed by atoms with E-state index in [-0.39, 0.29) is 5.69 Å². The van der Waals surface area contributed by atoms with Crippen molar-refractivity contribution in [3.63, 3.8) is 0 Å². The summed E-state index contributed by atoms with van der Waals surface area (Å²) in [5.74, 6) is -0.999. The summed E-state index contributed by atoms with van der Waals surface area (Å²) >= 11 is 0. The number of rotatable bonds is 4. The Bertz CT molecular complexity index is 432.